The smallest absolute Gasteiger partial charge is 0.251 e. The van der Waals surface area contributed by atoms with Gasteiger partial charge < -0.3 is 5.32 Å². The number of hydrogen-bond donors (Lipinski definition) is 1. The molecule has 1 saturated carbocycles. The maximum atomic E-state index is 12.2. The first-order valence-electron chi connectivity index (χ1n) is 7.29. The van der Waals surface area contributed by atoms with Crippen LogP contribution in [0.1, 0.15) is 35.2 Å². The summed E-state index contributed by atoms with van der Waals surface area (Å²) in [4.78, 5) is 12.2. The first kappa shape index (κ1) is 14.2. The Morgan fingerprint density at radius 1 is 1.05 bits per heavy atom. The van der Waals surface area contributed by atoms with Gasteiger partial charge in [-0.15, -0.1) is 0 Å². The molecule has 1 aliphatic carbocycles. The summed E-state index contributed by atoms with van der Waals surface area (Å²) in [6, 6.07) is 17.4. The molecule has 2 nitrogen and oxygen atoms in total. The minimum Gasteiger partial charge on any atom is -0.351 e. The van der Waals surface area contributed by atoms with Crippen LogP contribution in [0, 0.1) is 0 Å². The molecule has 1 fully saturated rings. The van der Waals surface area contributed by atoms with Crippen LogP contribution < -0.4 is 5.32 Å². The topological polar surface area (TPSA) is 29.1 Å². The number of carbonyl (C=O) groups is 1. The Morgan fingerprint density at radius 3 is 2.29 bits per heavy atom. The summed E-state index contributed by atoms with van der Waals surface area (Å²) in [6.07, 6.45) is 3.44. The van der Waals surface area contributed by atoms with E-state index in [1.54, 1.807) is 0 Å². The van der Waals surface area contributed by atoms with Crippen molar-refractivity contribution < 1.29 is 4.79 Å². The second-order valence-corrected chi connectivity index (χ2v) is 6.13. The van der Waals surface area contributed by atoms with Gasteiger partial charge in [-0.1, -0.05) is 48.4 Å². The second kappa shape index (κ2) is 5.90. The molecule has 3 rings (SSSR count). The van der Waals surface area contributed by atoms with Crippen LogP contribution in [0.3, 0.4) is 0 Å². The monoisotopic (exact) mass is 299 g/mol. The van der Waals surface area contributed by atoms with Crippen molar-refractivity contribution in [2.24, 2.45) is 0 Å². The molecule has 0 aromatic heterocycles. The fourth-order valence-corrected chi connectivity index (χ4v) is 3.04. The molecule has 0 atom stereocenters. The standard InChI is InChI=1S/C18H18ClNO/c19-16-9-7-15(8-10-16)18(11-4-12-18)13-20-17(21)14-5-2-1-3-6-14/h1-3,5-10H,4,11-13H2,(H,20,21). The highest BCUT2D eigenvalue weighted by molar-refractivity contribution is 6.30. The molecule has 1 N–H and O–H groups in total. The van der Waals surface area contributed by atoms with Gasteiger partial charge in [-0.3, -0.25) is 4.79 Å². The lowest BCUT2D eigenvalue weighted by Gasteiger charge is -2.42. The molecular formula is C18H18ClNO. The van der Waals surface area contributed by atoms with Crippen molar-refractivity contribution in [3.8, 4) is 0 Å². The van der Waals surface area contributed by atoms with Crippen molar-refractivity contribution in [1.82, 2.24) is 5.32 Å². The van der Waals surface area contributed by atoms with E-state index in [0.29, 0.717) is 12.1 Å². The number of carbonyl (C=O) groups excluding carboxylic acids is 1. The van der Waals surface area contributed by atoms with E-state index in [1.165, 1.54) is 12.0 Å². The Hall–Kier alpha value is -1.80. The van der Waals surface area contributed by atoms with Crippen molar-refractivity contribution in [3.05, 3.63) is 70.7 Å². The zero-order valence-corrected chi connectivity index (χ0v) is 12.6. The lowest BCUT2D eigenvalue weighted by atomic mass is 9.64. The second-order valence-electron chi connectivity index (χ2n) is 5.69. The molecule has 0 radical (unpaired) electrons. The molecule has 0 bridgehead atoms. The van der Waals surface area contributed by atoms with Crippen LogP contribution in [0.5, 0.6) is 0 Å². The normalized spacial score (nSPS) is 16.0. The van der Waals surface area contributed by atoms with E-state index in [-0.39, 0.29) is 11.3 Å². The van der Waals surface area contributed by atoms with Gasteiger partial charge in [0.25, 0.3) is 5.91 Å². The van der Waals surface area contributed by atoms with Crippen molar-refractivity contribution >= 4 is 17.5 Å². The minimum atomic E-state index is -0.00385. The van der Waals surface area contributed by atoms with E-state index in [0.717, 1.165) is 17.9 Å². The third-order valence-electron chi connectivity index (χ3n) is 4.39. The Balaban J connectivity index is 1.70. The quantitative estimate of drug-likeness (QED) is 0.901. The molecule has 0 saturated heterocycles. The molecule has 0 unspecified atom stereocenters. The lowest BCUT2D eigenvalue weighted by Crippen LogP contribution is -2.45. The van der Waals surface area contributed by atoms with Crippen molar-refractivity contribution in [3.63, 3.8) is 0 Å². The van der Waals surface area contributed by atoms with Gasteiger partial charge in [-0.25, -0.2) is 0 Å². The molecule has 0 aliphatic heterocycles. The van der Waals surface area contributed by atoms with Crippen LogP contribution in [0.25, 0.3) is 0 Å². The van der Waals surface area contributed by atoms with Gasteiger partial charge in [0.05, 0.1) is 0 Å². The van der Waals surface area contributed by atoms with Crippen LogP contribution in [-0.4, -0.2) is 12.5 Å². The predicted molar refractivity (Wildman–Crippen MR) is 85.8 cm³/mol. The number of nitrogens with one attached hydrogen (secondary N) is 1. The molecule has 3 heteroatoms. The first-order chi connectivity index (χ1) is 10.2. The highest BCUT2D eigenvalue weighted by Gasteiger charge is 2.38. The number of benzene rings is 2. The van der Waals surface area contributed by atoms with Gasteiger partial charge in [0.2, 0.25) is 0 Å². The van der Waals surface area contributed by atoms with Crippen LogP contribution in [0.2, 0.25) is 5.02 Å². The third-order valence-corrected chi connectivity index (χ3v) is 4.64. The van der Waals surface area contributed by atoms with Crippen molar-refractivity contribution in [1.29, 1.82) is 0 Å². The summed E-state index contributed by atoms with van der Waals surface area (Å²) in [5.74, 6) is -0.00385. The SMILES string of the molecule is O=C(NCC1(c2ccc(Cl)cc2)CCC1)c1ccccc1. The third kappa shape index (κ3) is 2.96. The van der Waals surface area contributed by atoms with Crippen molar-refractivity contribution in [2.45, 2.75) is 24.7 Å². The maximum Gasteiger partial charge on any atom is 0.251 e. The molecule has 2 aromatic carbocycles. The summed E-state index contributed by atoms with van der Waals surface area (Å²) in [6.45, 7) is 0.683. The number of amides is 1. The fourth-order valence-electron chi connectivity index (χ4n) is 2.92. The number of halogens is 1. The highest BCUT2D eigenvalue weighted by Crippen LogP contribution is 2.43. The largest absolute Gasteiger partial charge is 0.351 e. The van der Waals surface area contributed by atoms with Crippen LogP contribution >= 0.6 is 11.6 Å². The molecular weight excluding hydrogens is 282 g/mol. The van der Waals surface area contributed by atoms with E-state index >= 15 is 0 Å². The molecule has 0 heterocycles. The maximum absolute atomic E-state index is 12.2. The van der Waals surface area contributed by atoms with Gasteiger partial charge >= 0.3 is 0 Å². The summed E-state index contributed by atoms with van der Waals surface area (Å²) in [5.41, 5.74) is 2.06. The lowest BCUT2D eigenvalue weighted by molar-refractivity contribution is 0.0928. The van der Waals surface area contributed by atoms with Gasteiger partial charge in [0.15, 0.2) is 0 Å². The highest BCUT2D eigenvalue weighted by atomic mass is 35.5. The van der Waals surface area contributed by atoms with Crippen LogP contribution in [0.15, 0.2) is 54.6 Å². The molecule has 1 aliphatic rings. The summed E-state index contributed by atoms with van der Waals surface area (Å²) in [7, 11) is 0. The van der Waals surface area contributed by atoms with Crippen molar-refractivity contribution in [2.75, 3.05) is 6.54 Å². The summed E-state index contributed by atoms with van der Waals surface area (Å²) in [5, 5.41) is 3.83. The van der Waals surface area contributed by atoms with E-state index in [9.17, 15) is 4.79 Å². The molecule has 2 aromatic rings. The van der Waals surface area contributed by atoms with Gasteiger partial charge in [-0.2, -0.15) is 0 Å². The first-order valence-corrected chi connectivity index (χ1v) is 7.67. The van der Waals surface area contributed by atoms with Gasteiger partial charge in [0, 0.05) is 22.5 Å². The average Bonchev–Trinajstić information content (AvgIpc) is 2.48. The zero-order valence-electron chi connectivity index (χ0n) is 11.8. The molecule has 1 amide bonds. The number of hydrogen-bond acceptors (Lipinski definition) is 1. The van der Waals surface area contributed by atoms with Gasteiger partial charge in [0.1, 0.15) is 0 Å². The Labute approximate surface area is 130 Å². The summed E-state index contributed by atoms with van der Waals surface area (Å²) < 4.78 is 0. The zero-order chi connectivity index (χ0) is 14.7. The average molecular weight is 300 g/mol. The predicted octanol–water partition coefficient (Wildman–Crippen LogP) is 4.19. The van der Waals surface area contributed by atoms with E-state index in [1.807, 2.05) is 42.5 Å². The molecule has 21 heavy (non-hydrogen) atoms. The van der Waals surface area contributed by atoms with E-state index < -0.39 is 0 Å². The Kier molecular flexibility index (Phi) is 3.98. The fraction of sp³-hybridized carbons (Fsp3) is 0.278. The van der Waals surface area contributed by atoms with Gasteiger partial charge in [-0.05, 0) is 42.7 Å². The van der Waals surface area contributed by atoms with E-state index in [2.05, 4.69) is 17.4 Å². The number of rotatable bonds is 4. The Morgan fingerprint density at radius 2 is 1.71 bits per heavy atom. The molecule has 108 valence electrons. The van der Waals surface area contributed by atoms with E-state index in [4.69, 9.17) is 11.6 Å². The summed E-state index contributed by atoms with van der Waals surface area (Å²) >= 11 is 5.96. The van der Waals surface area contributed by atoms with Crippen LogP contribution in [0.4, 0.5) is 0 Å². The Bertz CT molecular complexity index is 617. The minimum absolute atomic E-state index is 0.00385. The van der Waals surface area contributed by atoms with Crippen LogP contribution in [-0.2, 0) is 5.41 Å². The molecule has 0 spiro atoms.